The minimum absolute atomic E-state index is 0.0904. The van der Waals surface area contributed by atoms with Crippen molar-refractivity contribution in [2.75, 3.05) is 13.7 Å². The number of hydrogen-bond donors (Lipinski definition) is 0. The third-order valence-corrected chi connectivity index (χ3v) is 7.23. The summed E-state index contributed by atoms with van der Waals surface area (Å²) in [5.74, 6) is -0.444. The van der Waals surface area contributed by atoms with Gasteiger partial charge in [-0.15, -0.1) is 0 Å². The number of halogens is 1. The summed E-state index contributed by atoms with van der Waals surface area (Å²) < 4.78 is 12.6. The second-order valence-corrected chi connectivity index (χ2v) is 9.89. The van der Waals surface area contributed by atoms with Crippen LogP contribution in [-0.4, -0.2) is 29.2 Å². The molecule has 1 aliphatic heterocycles. The van der Waals surface area contributed by atoms with Gasteiger partial charge in [0.25, 0.3) is 5.56 Å². The van der Waals surface area contributed by atoms with E-state index < -0.39 is 16.9 Å². The molecular weight excluding hydrogens is 550 g/mol. The van der Waals surface area contributed by atoms with Gasteiger partial charge in [0.05, 0.1) is 45.0 Å². The van der Waals surface area contributed by atoms with Gasteiger partial charge in [0, 0.05) is 6.07 Å². The van der Waals surface area contributed by atoms with Gasteiger partial charge in [-0.05, 0) is 60.0 Å². The maximum Gasteiger partial charge on any atom is 0.338 e. The van der Waals surface area contributed by atoms with E-state index in [1.54, 1.807) is 26.0 Å². The number of benzene rings is 2. The highest BCUT2D eigenvalue weighted by atomic mass is 79.9. The number of aromatic nitrogens is 1. The highest BCUT2D eigenvalue weighted by Gasteiger charge is 2.33. The molecule has 2 aromatic carbocycles. The number of nitrogens with zero attached hydrogens (tertiary/aromatic N) is 3. The Kier molecular flexibility index (Phi) is 7.23. The monoisotopic (exact) mass is 571 g/mol. The van der Waals surface area contributed by atoms with E-state index in [-0.39, 0.29) is 23.6 Å². The number of thiazole rings is 1. The minimum atomic E-state index is -0.722. The predicted molar refractivity (Wildman–Crippen MR) is 139 cm³/mol. The molecule has 0 saturated heterocycles. The molecule has 0 bridgehead atoms. The van der Waals surface area contributed by atoms with E-state index in [9.17, 15) is 19.7 Å². The lowest BCUT2D eigenvalue weighted by Crippen LogP contribution is -2.39. The number of esters is 1. The molecular formula is C25H22BrN3O6S. The van der Waals surface area contributed by atoms with Gasteiger partial charge in [0.15, 0.2) is 4.80 Å². The van der Waals surface area contributed by atoms with Crippen LogP contribution >= 0.6 is 27.3 Å². The molecule has 1 aromatic heterocycles. The normalized spacial score (nSPS) is 15.4. The zero-order chi connectivity index (χ0) is 26.1. The molecule has 36 heavy (non-hydrogen) atoms. The number of carbonyl (C=O) groups excluding carboxylic acids is 1. The van der Waals surface area contributed by atoms with Gasteiger partial charge in [-0.2, -0.15) is 0 Å². The Labute approximate surface area is 218 Å². The maximum atomic E-state index is 13.7. The molecule has 0 unspecified atom stereocenters. The number of ether oxygens (including phenoxy) is 2. The smallest absolute Gasteiger partial charge is 0.338 e. The van der Waals surface area contributed by atoms with E-state index in [1.165, 1.54) is 17.7 Å². The van der Waals surface area contributed by atoms with Crippen molar-refractivity contribution in [3.8, 4) is 5.75 Å². The lowest BCUT2D eigenvalue weighted by molar-refractivity contribution is -0.385. The van der Waals surface area contributed by atoms with Crippen molar-refractivity contribution in [2.45, 2.75) is 26.8 Å². The van der Waals surface area contributed by atoms with E-state index in [2.05, 4.69) is 20.9 Å². The molecule has 9 nitrogen and oxygen atoms in total. The molecule has 0 spiro atoms. The van der Waals surface area contributed by atoms with Crippen molar-refractivity contribution in [3.05, 3.63) is 98.6 Å². The summed E-state index contributed by atoms with van der Waals surface area (Å²) >= 11 is 4.45. The van der Waals surface area contributed by atoms with Crippen molar-refractivity contribution < 1.29 is 19.2 Å². The number of nitro groups is 1. The molecule has 0 saturated carbocycles. The third-order valence-electron chi connectivity index (χ3n) is 5.66. The summed E-state index contributed by atoms with van der Waals surface area (Å²) in [6.07, 6.45) is 1.57. The number of carbonyl (C=O) groups is 1. The minimum Gasteiger partial charge on any atom is -0.489 e. The molecule has 0 fully saturated rings. The van der Waals surface area contributed by atoms with Crippen molar-refractivity contribution in [1.82, 2.24) is 4.57 Å². The van der Waals surface area contributed by atoms with Gasteiger partial charge in [0.2, 0.25) is 5.75 Å². The average molecular weight is 572 g/mol. The summed E-state index contributed by atoms with van der Waals surface area (Å²) in [7, 11) is 1.35. The van der Waals surface area contributed by atoms with Crippen LogP contribution in [-0.2, 0) is 9.53 Å². The SMILES string of the molecule is CCOC(=O)C1=C(C)N=c2s/c(=C/c3cc(Br)c(OC)c([N+](=O)[O-])c3)c(=O)n2[C@H]1c1ccc(C)cc1. The number of aryl methyl sites for hydroxylation is 1. The molecule has 0 amide bonds. The summed E-state index contributed by atoms with van der Waals surface area (Å²) in [5, 5.41) is 11.5. The first-order valence-corrected chi connectivity index (χ1v) is 12.5. The molecule has 2 heterocycles. The van der Waals surface area contributed by atoms with E-state index in [1.807, 2.05) is 31.2 Å². The number of nitro benzene ring substituents is 1. The zero-order valence-corrected chi connectivity index (χ0v) is 22.3. The molecule has 1 atom stereocenters. The van der Waals surface area contributed by atoms with E-state index in [0.717, 1.165) is 22.5 Å². The molecule has 3 aromatic rings. The van der Waals surface area contributed by atoms with Crippen molar-refractivity contribution in [1.29, 1.82) is 0 Å². The Morgan fingerprint density at radius 1 is 1.28 bits per heavy atom. The molecule has 0 N–H and O–H groups in total. The van der Waals surface area contributed by atoms with Gasteiger partial charge in [-0.1, -0.05) is 41.2 Å². The predicted octanol–water partition coefficient (Wildman–Crippen LogP) is 3.79. The van der Waals surface area contributed by atoms with Crippen LogP contribution in [0.25, 0.3) is 6.08 Å². The van der Waals surface area contributed by atoms with Crippen molar-refractivity contribution in [3.63, 3.8) is 0 Å². The molecule has 1 aliphatic rings. The van der Waals surface area contributed by atoms with Crippen molar-refractivity contribution in [2.24, 2.45) is 4.99 Å². The van der Waals surface area contributed by atoms with Gasteiger partial charge < -0.3 is 9.47 Å². The molecule has 0 aliphatic carbocycles. The number of rotatable bonds is 6. The fourth-order valence-corrected chi connectivity index (χ4v) is 5.70. The fourth-order valence-electron chi connectivity index (χ4n) is 4.03. The van der Waals surface area contributed by atoms with Crippen LogP contribution < -0.4 is 19.6 Å². The number of fused-ring (bicyclic) bond motifs is 1. The lowest BCUT2D eigenvalue weighted by Gasteiger charge is -2.24. The highest BCUT2D eigenvalue weighted by Crippen LogP contribution is 2.36. The van der Waals surface area contributed by atoms with E-state index >= 15 is 0 Å². The molecule has 186 valence electrons. The zero-order valence-electron chi connectivity index (χ0n) is 19.9. The van der Waals surface area contributed by atoms with E-state index in [0.29, 0.717) is 30.6 Å². The van der Waals surface area contributed by atoms with Crippen LogP contribution in [0.1, 0.15) is 36.6 Å². The summed E-state index contributed by atoms with van der Waals surface area (Å²) in [5.41, 5.74) is 2.38. The Hall–Kier alpha value is -3.57. The number of allylic oxidation sites excluding steroid dienone is 1. The first-order chi connectivity index (χ1) is 17.2. The van der Waals surface area contributed by atoms with Crippen molar-refractivity contribution >= 4 is 45.0 Å². The lowest BCUT2D eigenvalue weighted by atomic mass is 9.95. The molecule has 11 heteroatoms. The summed E-state index contributed by atoms with van der Waals surface area (Å²) in [4.78, 5) is 42.6. The van der Waals surface area contributed by atoms with Crippen LogP contribution in [0.4, 0.5) is 5.69 Å². The molecule has 4 rings (SSSR count). The van der Waals surface area contributed by atoms with Crippen LogP contribution in [0, 0.1) is 17.0 Å². The first kappa shape index (κ1) is 25.5. The largest absolute Gasteiger partial charge is 0.489 e. The fraction of sp³-hybridized carbons (Fsp3) is 0.240. The van der Waals surface area contributed by atoms with Crippen LogP contribution in [0.15, 0.2) is 61.9 Å². The van der Waals surface area contributed by atoms with Gasteiger partial charge in [0.1, 0.15) is 0 Å². The number of methoxy groups -OCH3 is 1. The molecule has 0 radical (unpaired) electrons. The standard InChI is InChI=1S/C25H22BrN3O6S/c1-5-35-24(31)20-14(3)27-25-28(21(20)16-8-6-13(2)7-9-16)23(30)19(36-25)12-15-10-17(26)22(34-4)18(11-15)29(32)33/h6-12,21H,5H2,1-4H3/b19-12+/t21-/m0/s1. The highest BCUT2D eigenvalue weighted by molar-refractivity contribution is 9.10. The quantitative estimate of drug-likeness (QED) is 0.253. The number of hydrogen-bond acceptors (Lipinski definition) is 8. The van der Waals surface area contributed by atoms with Gasteiger partial charge in [-0.25, -0.2) is 9.79 Å². The van der Waals surface area contributed by atoms with Crippen LogP contribution in [0.2, 0.25) is 0 Å². The third kappa shape index (κ3) is 4.63. The summed E-state index contributed by atoms with van der Waals surface area (Å²) in [6, 6.07) is 9.83. The Balaban J connectivity index is 1.95. The van der Waals surface area contributed by atoms with Gasteiger partial charge in [-0.3, -0.25) is 19.5 Å². The first-order valence-electron chi connectivity index (χ1n) is 10.9. The van der Waals surface area contributed by atoms with Crippen LogP contribution in [0.3, 0.4) is 0 Å². The second kappa shape index (κ2) is 10.2. The van der Waals surface area contributed by atoms with Gasteiger partial charge >= 0.3 is 11.7 Å². The Morgan fingerprint density at radius 3 is 2.58 bits per heavy atom. The van der Waals surface area contributed by atoms with E-state index in [4.69, 9.17) is 9.47 Å². The topological polar surface area (TPSA) is 113 Å². The Morgan fingerprint density at radius 2 is 1.97 bits per heavy atom. The van der Waals surface area contributed by atoms with Crippen LogP contribution in [0.5, 0.6) is 5.75 Å². The Bertz CT molecular complexity index is 1590. The maximum absolute atomic E-state index is 13.7. The second-order valence-electron chi connectivity index (χ2n) is 8.03. The average Bonchev–Trinajstić information content (AvgIpc) is 3.12. The summed E-state index contributed by atoms with van der Waals surface area (Å²) in [6.45, 7) is 5.57.